The van der Waals surface area contributed by atoms with Crippen LogP contribution in [-0.4, -0.2) is 47.2 Å². The predicted molar refractivity (Wildman–Crippen MR) is 73.5 cm³/mol. The summed E-state index contributed by atoms with van der Waals surface area (Å²) in [5.41, 5.74) is 0.342. The second-order valence-electron chi connectivity index (χ2n) is 4.03. The Kier molecular flexibility index (Phi) is 4.47. The number of ether oxygens (including phenoxy) is 2. The number of aromatic amines is 1. The molecule has 0 aliphatic heterocycles. The summed E-state index contributed by atoms with van der Waals surface area (Å²) in [5, 5.41) is 8.59. The van der Waals surface area contributed by atoms with Crippen LogP contribution in [-0.2, 0) is 9.47 Å². The number of aromatic nitrogens is 3. The third-order valence-corrected chi connectivity index (χ3v) is 2.69. The van der Waals surface area contributed by atoms with E-state index in [1.165, 1.54) is 38.7 Å². The number of amides is 1. The van der Waals surface area contributed by atoms with Gasteiger partial charge in [0.25, 0.3) is 5.91 Å². The number of carbonyl (C=O) groups excluding carboxylic acids is 3. The standard InChI is InChI=1S/C13H12N4O5/c1-21-12(19)8-5-7(3-4-14-8)11(18)16-9-6-15-17-10(9)13(20)22-2/h3-6H,1-2H3,(H,15,17)(H,16,18). The molecule has 0 aliphatic rings. The normalized spacial score (nSPS) is 9.91. The zero-order chi connectivity index (χ0) is 16.1. The second-order valence-corrected chi connectivity index (χ2v) is 4.03. The quantitative estimate of drug-likeness (QED) is 0.794. The van der Waals surface area contributed by atoms with E-state index in [-0.39, 0.29) is 22.6 Å². The number of nitrogens with zero attached hydrogens (tertiary/aromatic N) is 2. The second kappa shape index (κ2) is 6.48. The summed E-state index contributed by atoms with van der Waals surface area (Å²) in [6, 6.07) is 2.69. The molecule has 9 nitrogen and oxygen atoms in total. The monoisotopic (exact) mass is 304 g/mol. The fourth-order valence-corrected chi connectivity index (χ4v) is 1.62. The summed E-state index contributed by atoms with van der Waals surface area (Å²) in [6.45, 7) is 0. The number of nitrogens with one attached hydrogen (secondary N) is 2. The number of pyridine rings is 1. The van der Waals surface area contributed by atoms with Crippen molar-refractivity contribution in [2.24, 2.45) is 0 Å². The predicted octanol–water partition coefficient (Wildman–Crippen LogP) is 0.630. The molecule has 0 aromatic carbocycles. The molecule has 0 bridgehead atoms. The van der Waals surface area contributed by atoms with Gasteiger partial charge >= 0.3 is 11.9 Å². The van der Waals surface area contributed by atoms with Crippen LogP contribution >= 0.6 is 0 Å². The van der Waals surface area contributed by atoms with E-state index < -0.39 is 17.8 Å². The minimum atomic E-state index is -0.669. The Hall–Kier alpha value is -3.23. The summed E-state index contributed by atoms with van der Waals surface area (Å²) < 4.78 is 9.09. The van der Waals surface area contributed by atoms with Crippen LogP contribution in [0.1, 0.15) is 31.3 Å². The number of methoxy groups -OCH3 is 2. The van der Waals surface area contributed by atoms with E-state index >= 15 is 0 Å². The molecule has 2 aromatic heterocycles. The maximum atomic E-state index is 12.2. The number of anilines is 1. The van der Waals surface area contributed by atoms with E-state index in [1.54, 1.807) is 0 Å². The van der Waals surface area contributed by atoms with Crippen LogP contribution in [0.3, 0.4) is 0 Å². The molecular weight excluding hydrogens is 292 g/mol. The van der Waals surface area contributed by atoms with Crippen molar-refractivity contribution in [3.05, 3.63) is 41.5 Å². The molecular formula is C13H12N4O5. The molecule has 9 heteroatoms. The summed E-state index contributed by atoms with van der Waals surface area (Å²) in [6.07, 6.45) is 2.57. The number of H-pyrrole nitrogens is 1. The average molecular weight is 304 g/mol. The minimum absolute atomic E-state index is 0.00413. The molecule has 22 heavy (non-hydrogen) atoms. The van der Waals surface area contributed by atoms with Crippen molar-refractivity contribution in [2.75, 3.05) is 19.5 Å². The van der Waals surface area contributed by atoms with Gasteiger partial charge in [0.15, 0.2) is 5.69 Å². The van der Waals surface area contributed by atoms with Crippen molar-refractivity contribution in [1.29, 1.82) is 0 Å². The first-order valence-electron chi connectivity index (χ1n) is 6.04. The molecule has 114 valence electrons. The molecule has 2 aromatic rings. The Labute approximate surface area is 124 Å². The zero-order valence-electron chi connectivity index (χ0n) is 11.7. The molecule has 2 heterocycles. The van der Waals surface area contributed by atoms with Crippen molar-refractivity contribution in [3.8, 4) is 0 Å². The number of rotatable bonds is 4. The fourth-order valence-electron chi connectivity index (χ4n) is 1.62. The minimum Gasteiger partial charge on any atom is -0.464 e. The van der Waals surface area contributed by atoms with Crippen LogP contribution in [0.25, 0.3) is 0 Å². The van der Waals surface area contributed by atoms with Gasteiger partial charge in [0.1, 0.15) is 5.69 Å². The summed E-state index contributed by atoms with van der Waals surface area (Å²) in [7, 11) is 2.42. The van der Waals surface area contributed by atoms with Gasteiger partial charge in [-0.1, -0.05) is 0 Å². The van der Waals surface area contributed by atoms with Gasteiger partial charge in [-0.25, -0.2) is 14.6 Å². The maximum Gasteiger partial charge on any atom is 0.358 e. The van der Waals surface area contributed by atoms with E-state index in [0.717, 1.165) is 0 Å². The Balaban J connectivity index is 2.21. The van der Waals surface area contributed by atoms with Crippen LogP contribution in [0.5, 0.6) is 0 Å². The number of hydrogen-bond donors (Lipinski definition) is 2. The lowest BCUT2D eigenvalue weighted by atomic mass is 10.2. The number of hydrogen-bond acceptors (Lipinski definition) is 7. The van der Waals surface area contributed by atoms with Gasteiger partial charge in [-0.2, -0.15) is 5.10 Å². The van der Waals surface area contributed by atoms with Crippen LogP contribution in [0.4, 0.5) is 5.69 Å². The smallest absolute Gasteiger partial charge is 0.358 e. The van der Waals surface area contributed by atoms with E-state index in [1.807, 2.05) is 0 Å². The molecule has 0 atom stereocenters. The Morgan fingerprint density at radius 3 is 2.59 bits per heavy atom. The Morgan fingerprint density at radius 2 is 1.91 bits per heavy atom. The molecule has 0 unspecified atom stereocenters. The van der Waals surface area contributed by atoms with Gasteiger partial charge in [-0.3, -0.25) is 9.89 Å². The third kappa shape index (κ3) is 3.08. The summed E-state index contributed by atoms with van der Waals surface area (Å²) >= 11 is 0. The van der Waals surface area contributed by atoms with Crippen LogP contribution in [0.15, 0.2) is 24.5 Å². The van der Waals surface area contributed by atoms with E-state index in [4.69, 9.17) is 0 Å². The van der Waals surface area contributed by atoms with E-state index in [9.17, 15) is 14.4 Å². The molecule has 2 N–H and O–H groups in total. The third-order valence-electron chi connectivity index (χ3n) is 2.69. The highest BCUT2D eigenvalue weighted by Gasteiger charge is 2.18. The van der Waals surface area contributed by atoms with Crippen LogP contribution in [0, 0.1) is 0 Å². The molecule has 0 spiro atoms. The van der Waals surface area contributed by atoms with Gasteiger partial charge in [-0.05, 0) is 12.1 Å². The van der Waals surface area contributed by atoms with Gasteiger partial charge in [0.2, 0.25) is 0 Å². The van der Waals surface area contributed by atoms with Crippen LogP contribution in [0.2, 0.25) is 0 Å². The topological polar surface area (TPSA) is 123 Å². The van der Waals surface area contributed by atoms with Crippen molar-refractivity contribution in [3.63, 3.8) is 0 Å². The number of carbonyl (C=O) groups is 3. The summed E-state index contributed by atoms with van der Waals surface area (Å²) in [4.78, 5) is 38.8. The largest absolute Gasteiger partial charge is 0.464 e. The zero-order valence-corrected chi connectivity index (χ0v) is 11.7. The molecule has 0 radical (unpaired) electrons. The highest BCUT2D eigenvalue weighted by Crippen LogP contribution is 2.14. The highest BCUT2D eigenvalue weighted by atomic mass is 16.5. The SMILES string of the molecule is COC(=O)c1cc(C(=O)Nc2cn[nH]c2C(=O)OC)ccn1. The molecule has 1 amide bonds. The van der Waals surface area contributed by atoms with Crippen molar-refractivity contribution in [1.82, 2.24) is 15.2 Å². The molecule has 0 saturated carbocycles. The highest BCUT2D eigenvalue weighted by molar-refractivity contribution is 6.08. The molecule has 0 aliphatic carbocycles. The van der Waals surface area contributed by atoms with Crippen molar-refractivity contribution in [2.45, 2.75) is 0 Å². The summed E-state index contributed by atoms with van der Waals surface area (Å²) in [5.74, 6) is -1.87. The number of esters is 2. The first kappa shape index (κ1) is 15.2. The van der Waals surface area contributed by atoms with E-state index in [0.29, 0.717) is 0 Å². The maximum absolute atomic E-state index is 12.2. The molecule has 2 rings (SSSR count). The van der Waals surface area contributed by atoms with E-state index in [2.05, 4.69) is 30.0 Å². The van der Waals surface area contributed by atoms with Crippen molar-refractivity contribution >= 4 is 23.5 Å². The first-order chi connectivity index (χ1) is 10.6. The first-order valence-corrected chi connectivity index (χ1v) is 6.04. The Morgan fingerprint density at radius 1 is 1.18 bits per heavy atom. The van der Waals surface area contributed by atoms with Crippen molar-refractivity contribution < 1.29 is 23.9 Å². The lowest BCUT2D eigenvalue weighted by molar-refractivity contribution is 0.0586. The Bertz CT molecular complexity index is 725. The molecule has 0 fully saturated rings. The lowest BCUT2D eigenvalue weighted by Gasteiger charge is -2.05. The van der Waals surface area contributed by atoms with Crippen LogP contribution < -0.4 is 5.32 Å². The lowest BCUT2D eigenvalue weighted by Crippen LogP contribution is -2.16. The van der Waals surface area contributed by atoms with Gasteiger partial charge in [0.05, 0.1) is 26.1 Å². The van der Waals surface area contributed by atoms with Gasteiger partial charge < -0.3 is 14.8 Å². The average Bonchev–Trinajstić information content (AvgIpc) is 3.01. The van der Waals surface area contributed by atoms with Gasteiger partial charge in [0, 0.05) is 11.8 Å². The molecule has 0 saturated heterocycles. The van der Waals surface area contributed by atoms with Gasteiger partial charge in [-0.15, -0.1) is 0 Å². The fraction of sp³-hybridized carbons (Fsp3) is 0.154.